The summed E-state index contributed by atoms with van der Waals surface area (Å²) in [5.74, 6) is 0. The summed E-state index contributed by atoms with van der Waals surface area (Å²) in [6, 6.07) is 8.57. The van der Waals surface area contributed by atoms with Crippen LogP contribution in [-0.2, 0) is 5.41 Å². The van der Waals surface area contributed by atoms with Crippen molar-refractivity contribution < 1.29 is 0 Å². The van der Waals surface area contributed by atoms with Crippen LogP contribution in [-0.4, -0.2) is 4.98 Å². The van der Waals surface area contributed by atoms with E-state index in [0.717, 1.165) is 9.99 Å². The van der Waals surface area contributed by atoms with Crippen LogP contribution in [0.4, 0.5) is 0 Å². The molecule has 0 aliphatic carbocycles. The van der Waals surface area contributed by atoms with Gasteiger partial charge >= 0.3 is 0 Å². The number of benzene rings is 1. The van der Waals surface area contributed by atoms with Crippen LogP contribution < -0.4 is 0 Å². The zero-order chi connectivity index (χ0) is 11.1. The molecule has 0 atom stereocenters. The number of hydrogen-bond donors (Lipinski definition) is 0. The molecule has 0 amide bonds. The third kappa shape index (κ3) is 2.20. The van der Waals surface area contributed by atoms with Crippen molar-refractivity contribution in [2.24, 2.45) is 0 Å². The minimum absolute atomic E-state index is 0.191. The molecule has 0 saturated carbocycles. The van der Waals surface area contributed by atoms with Gasteiger partial charge in [0, 0.05) is 16.1 Å². The molecular weight excluding hydrogens is 250 g/mol. The van der Waals surface area contributed by atoms with E-state index in [-0.39, 0.29) is 5.41 Å². The van der Waals surface area contributed by atoms with Gasteiger partial charge in [-0.25, -0.2) is 0 Å². The lowest BCUT2D eigenvalue weighted by atomic mass is 9.86. The predicted molar refractivity (Wildman–Crippen MR) is 68.1 cm³/mol. The SMILES string of the molecule is CC(C)(C)c1ccc2ncc(Br)cc2c1. The summed E-state index contributed by atoms with van der Waals surface area (Å²) < 4.78 is 1.03. The predicted octanol–water partition coefficient (Wildman–Crippen LogP) is 4.29. The molecule has 1 nitrogen and oxygen atoms in total. The molecule has 15 heavy (non-hydrogen) atoms. The van der Waals surface area contributed by atoms with Gasteiger partial charge in [0.15, 0.2) is 0 Å². The summed E-state index contributed by atoms with van der Waals surface area (Å²) in [6.07, 6.45) is 1.83. The molecule has 0 unspecified atom stereocenters. The van der Waals surface area contributed by atoms with E-state index in [4.69, 9.17) is 0 Å². The van der Waals surface area contributed by atoms with E-state index in [1.54, 1.807) is 0 Å². The fourth-order valence-electron chi connectivity index (χ4n) is 1.57. The van der Waals surface area contributed by atoms with Crippen LogP contribution in [0.25, 0.3) is 10.9 Å². The molecule has 2 heteroatoms. The summed E-state index contributed by atoms with van der Waals surface area (Å²) in [5.41, 5.74) is 2.58. The first kappa shape index (κ1) is 10.6. The normalized spacial score (nSPS) is 12.0. The fourth-order valence-corrected chi connectivity index (χ4v) is 1.92. The topological polar surface area (TPSA) is 12.9 Å². The highest BCUT2D eigenvalue weighted by atomic mass is 79.9. The largest absolute Gasteiger partial charge is 0.255 e. The average Bonchev–Trinajstić information content (AvgIpc) is 2.15. The van der Waals surface area contributed by atoms with Crippen LogP contribution in [0.5, 0.6) is 0 Å². The van der Waals surface area contributed by atoms with Gasteiger partial charge in [-0.2, -0.15) is 0 Å². The standard InChI is InChI=1S/C13H14BrN/c1-13(2,3)10-4-5-12-9(6-10)7-11(14)8-15-12/h4-8H,1-3H3. The average molecular weight is 264 g/mol. The van der Waals surface area contributed by atoms with Crippen molar-refractivity contribution in [3.8, 4) is 0 Å². The number of fused-ring (bicyclic) bond motifs is 1. The maximum Gasteiger partial charge on any atom is 0.0703 e. The minimum Gasteiger partial charge on any atom is -0.255 e. The van der Waals surface area contributed by atoms with Crippen molar-refractivity contribution >= 4 is 26.8 Å². The van der Waals surface area contributed by atoms with E-state index in [9.17, 15) is 0 Å². The van der Waals surface area contributed by atoms with E-state index in [0.29, 0.717) is 0 Å². The number of pyridine rings is 1. The Kier molecular flexibility index (Phi) is 2.55. The highest BCUT2D eigenvalue weighted by Crippen LogP contribution is 2.26. The van der Waals surface area contributed by atoms with Crippen LogP contribution >= 0.6 is 15.9 Å². The lowest BCUT2D eigenvalue weighted by molar-refractivity contribution is 0.591. The lowest BCUT2D eigenvalue weighted by Gasteiger charge is -2.19. The Morgan fingerprint density at radius 1 is 1.13 bits per heavy atom. The molecule has 78 valence electrons. The Morgan fingerprint density at radius 3 is 2.53 bits per heavy atom. The molecule has 1 aromatic carbocycles. The monoisotopic (exact) mass is 263 g/mol. The molecule has 1 aromatic heterocycles. The summed E-state index contributed by atoms with van der Waals surface area (Å²) in [5, 5.41) is 1.19. The number of rotatable bonds is 0. The third-order valence-corrected chi connectivity index (χ3v) is 2.95. The maximum absolute atomic E-state index is 4.36. The van der Waals surface area contributed by atoms with Gasteiger partial charge in [0.05, 0.1) is 5.52 Å². The zero-order valence-electron chi connectivity index (χ0n) is 9.21. The Bertz CT molecular complexity index is 497. The summed E-state index contributed by atoms with van der Waals surface area (Å²) in [6.45, 7) is 6.67. The molecule has 0 saturated heterocycles. The molecule has 0 aliphatic heterocycles. The van der Waals surface area contributed by atoms with E-state index in [2.05, 4.69) is 66.0 Å². The lowest BCUT2D eigenvalue weighted by Crippen LogP contribution is -2.10. The number of nitrogens with zero attached hydrogens (tertiary/aromatic N) is 1. The molecule has 0 N–H and O–H groups in total. The third-order valence-electron chi connectivity index (χ3n) is 2.51. The molecule has 0 fully saturated rings. The summed E-state index contributed by atoms with van der Waals surface area (Å²) >= 11 is 3.44. The molecule has 2 rings (SSSR count). The molecular formula is C13H14BrN. The van der Waals surface area contributed by atoms with Crippen LogP contribution in [0.15, 0.2) is 34.9 Å². The molecule has 2 aromatic rings. The minimum atomic E-state index is 0.191. The van der Waals surface area contributed by atoms with Crippen molar-refractivity contribution in [1.82, 2.24) is 4.98 Å². The Morgan fingerprint density at radius 2 is 1.87 bits per heavy atom. The fraction of sp³-hybridized carbons (Fsp3) is 0.308. The van der Waals surface area contributed by atoms with E-state index in [1.165, 1.54) is 10.9 Å². The molecule has 0 aliphatic rings. The molecule has 1 heterocycles. The van der Waals surface area contributed by atoms with E-state index in [1.807, 2.05) is 6.20 Å². The van der Waals surface area contributed by atoms with Crippen LogP contribution in [0, 0.1) is 0 Å². The molecule has 0 spiro atoms. The Balaban J connectivity index is 2.64. The van der Waals surface area contributed by atoms with Crippen molar-refractivity contribution in [1.29, 1.82) is 0 Å². The van der Waals surface area contributed by atoms with Gasteiger partial charge < -0.3 is 0 Å². The summed E-state index contributed by atoms with van der Waals surface area (Å²) in [4.78, 5) is 4.36. The van der Waals surface area contributed by atoms with Crippen molar-refractivity contribution in [2.45, 2.75) is 26.2 Å². The van der Waals surface area contributed by atoms with Gasteiger partial charge in [-0.1, -0.05) is 26.8 Å². The van der Waals surface area contributed by atoms with Crippen molar-refractivity contribution in [3.63, 3.8) is 0 Å². The Hall–Kier alpha value is -0.890. The number of halogens is 1. The maximum atomic E-state index is 4.36. The van der Waals surface area contributed by atoms with Crippen LogP contribution in [0.3, 0.4) is 0 Å². The van der Waals surface area contributed by atoms with E-state index >= 15 is 0 Å². The van der Waals surface area contributed by atoms with Gasteiger partial charge in [-0.05, 0) is 45.1 Å². The highest BCUT2D eigenvalue weighted by molar-refractivity contribution is 9.10. The second-order valence-electron chi connectivity index (χ2n) is 4.81. The second kappa shape index (κ2) is 3.60. The first-order valence-electron chi connectivity index (χ1n) is 5.02. The molecule has 0 bridgehead atoms. The first-order valence-corrected chi connectivity index (χ1v) is 5.82. The Labute approximate surface area is 98.7 Å². The smallest absolute Gasteiger partial charge is 0.0703 e. The first-order chi connectivity index (χ1) is 6.97. The van der Waals surface area contributed by atoms with Gasteiger partial charge in [0.25, 0.3) is 0 Å². The van der Waals surface area contributed by atoms with Crippen LogP contribution in [0.2, 0.25) is 0 Å². The van der Waals surface area contributed by atoms with Gasteiger partial charge in [0.1, 0.15) is 0 Å². The van der Waals surface area contributed by atoms with Gasteiger partial charge in [-0.15, -0.1) is 0 Å². The number of hydrogen-bond acceptors (Lipinski definition) is 1. The highest BCUT2D eigenvalue weighted by Gasteiger charge is 2.13. The quantitative estimate of drug-likeness (QED) is 0.691. The van der Waals surface area contributed by atoms with Gasteiger partial charge in [0.2, 0.25) is 0 Å². The number of aromatic nitrogens is 1. The van der Waals surface area contributed by atoms with E-state index < -0.39 is 0 Å². The van der Waals surface area contributed by atoms with Crippen molar-refractivity contribution in [3.05, 3.63) is 40.5 Å². The van der Waals surface area contributed by atoms with Gasteiger partial charge in [-0.3, -0.25) is 4.98 Å². The zero-order valence-corrected chi connectivity index (χ0v) is 10.8. The second-order valence-corrected chi connectivity index (χ2v) is 5.73. The van der Waals surface area contributed by atoms with Crippen molar-refractivity contribution in [2.75, 3.05) is 0 Å². The van der Waals surface area contributed by atoms with Crippen LogP contribution in [0.1, 0.15) is 26.3 Å². The molecule has 0 radical (unpaired) electrons. The summed E-state index contributed by atoms with van der Waals surface area (Å²) in [7, 11) is 0.